The number of aliphatic hydroxyl groups excluding tert-OH is 1. The monoisotopic (exact) mass is 549 g/mol. The molecule has 2 heterocycles. The third kappa shape index (κ3) is 4.92. The molecule has 41 heavy (non-hydrogen) atoms. The molecule has 2 aliphatic heterocycles. The minimum atomic E-state index is -0.471. The lowest BCUT2D eigenvalue weighted by Gasteiger charge is -2.31. The quantitative estimate of drug-likeness (QED) is 0.220. The molecule has 0 bridgehead atoms. The van der Waals surface area contributed by atoms with Crippen LogP contribution in [0.15, 0.2) is 83.9 Å². The van der Waals surface area contributed by atoms with Crippen molar-refractivity contribution >= 4 is 29.2 Å². The van der Waals surface area contributed by atoms with E-state index in [2.05, 4.69) is 18.2 Å². The van der Waals surface area contributed by atoms with Crippen LogP contribution < -0.4 is 4.90 Å². The number of hydrogen-bond donors (Lipinski definition) is 2. The van der Waals surface area contributed by atoms with Gasteiger partial charge in [-0.25, -0.2) is 0 Å². The molecule has 6 nitrogen and oxygen atoms in total. The fourth-order valence-electron chi connectivity index (χ4n) is 6.96. The standard InChI is InChI=1S/C35H35NO5/c1-21-15-23(16-22(2)33(21)38)17-25(24-9-5-3-6-10-24)13-14-30-31-26(19-37)18-28-32(29(31)20-41-30)35(40)36(34(28)39)27-11-7-4-8-12-27/h3-12,15-17,28-30,32,37-38H,13-14,18-20H2,1-2H3/b25-17-/t28-,29+,30-,32-/m1/s1. The first-order chi connectivity index (χ1) is 19.9. The Balaban J connectivity index is 1.28. The summed E-state index contributed by atoms with van der Waals surface area (Å²) in [6, 6.07) is 23.3. The number of rotatable bonds is 7. The van der Waals surface area contributed by atoms with E-state index in [1.807, 2.05) is 62.4 Å². The molecular formula is C35H35NO5. The molecule has 0 spiro atoms. The Morgan fingerprint density at radius 3 is 2.27 bits per heavy atom. The fraction of sp³-hybridized carbons (Fsp3) is 0.314. The Bertz CT molecular complexity index is 1520. The molecule has 3 aromatic rings. The summed E-state index contributed by atoms with van der Waals surface area (Å²) in [5.41, 5.74) is 7.38. The summed E-state index contributed by atoms with van der Waals surface area (Å²) >= 11 is 0. The molecule has 3 aromatic carbocycles. The summed E-state index contributed by atoms with van der Waals surface area (Å²) in [6.45, 7) is 4.03. The molecule has 0 saturated carbocycles. The second-order valence-corrected chi connectivity index (χ2v) is 11.4. The number of anilines is 1. The van der Waals surface area contributed by atoms with Crippen LogP contribution in [0.2, 0.25) is 0 Å². The maximum Gasteiger partial charge on any atom is 0.238 e. The van der Waals surface area contributed by atoms with Gasteiger partial charge in [-0.3, -0.25) is 14.5 Å². The van der Waals surface area contributed by atoms with E-state index in [9.17, 15) is 19.8 Å². The number of imide groups is 1. The number of hydrogen-bond acceptors (Lipinski definition) is 5. The maximum atomic E-state index is 13.7. The van der Waals surface area contributed by atoms with E-state index in [1.165, 1.54) is 4.90 Å². The number of phenolic OH excluding ortho intramolecular Hbond substituents is 1. The van der Waals surface area contributed by atoms with Crippen LogP contribution >= 0.6 is 0 Å². The first-order valence-electron chi connectivity index (χ1n) is 14.3. The van der Waals surface area contributed by atoms with Crippen molar-refractivity contribution in [1.29, 1.82) is 0 Å². The van der Waals surface area contributed by atoms with Gasteiger partial charge in [0.15, 0.2) is 0 Å². The van der Waals surface area contributed by atoms with Gasteiger partial charge in [-0.1, -0.05) is 54.6 Å². The summed E-state index contributed by atoms with van der Waals surface area (Å²) in [5, 5.41) is 20.6. The molecule has 0 aromatic heterocycles. The van der Waals surface area contributed by atoms with E-state index in [1.54, 1.807) is 12.1 Å². The molecule has 2 amide bonds. The molecule has 0 radical (unpaired) electrons. The van der Waals surface area contributed by atoms with E-state index in [0.29, 0.717) is 30.9 Å². The topological polar surface area (TPSA) is 87.1 Å². The van der Waals surface area contributed by atoms with Crippen molar-refractivity contribution in [1.82, 2.24) is 0 Å². The number of ether oxygens (including phenoxy) is 1. The second kappa shape index (κ2) is 11.1. The van der Waals surface area contributed by atoms with Gasteiger partial charge in [0.1, 0.15) is 5.75 Å². The number of aliphatic hydroxyl groups is 1. The molecule has 0 unspecified atom stereocenters. The Morgan fingerprint density at radius 1 is 0.951 bits per heavy atom. The normalized spacial score (nSPS) is 24.2. The largest absolute Gasteiger partial charge is 0.507 e. The lowest BCUT2D eigenvalue weighted by Crippen LogP contribution is -2.35. The van der Waals surface area contributed by atoms with E-state index < -0.39 is 11.8 Å². The predicted octanol–water partition coefficient (Wildman–Crippen LogP) is 5.84. The van der Waals surface area contributed by atoms with Crippen LogP contribution in [-0.2, 0) is 14.3 Å². The van der Waals surface area contributed by atoms with Crippen molar-refractivity contribution in [3.8, 4) is 5.75 Å². The zero-order valence-electron chi connectivity index (χ0n) is 23.4. The highest BCUT2D eigenvalue weighted by Gasteiger charge is 2.57. The second-order valence-electron chi connectivity index (χ2n) is 11.4. The van der Waals surface area contributed by atoms with Crippen LogP contribution in [0.5, 0.6) is 5.75 Å². The van der Waals surface area contributed by atoms with Crippen molar-refractivity contribution in [2.24, 2.45) is 17.8 Å². The Kier molecular flexibility index (Phi) is 7.37. The summed E-state index contributed by atoms with van der Waals surface area (Å²) in [4.78, 5) is 28.4. The lowest BCUT2D eigenvalue weighted by atomic mass is 9.69. The third-order valence-corrected chi connectivity index (χ3v) is 8.89. The Hall–Kier alpha value is -4.00. The average Bonchev–Trinajstić information content (AvgIpc) is 3.52. The van der Waals surface area contributed by atoms with Crippen LogP contribution in [0.1, 0.15) is 41.5 Å². The minimum Gasteiger partial charge on any atom is -0.507 e. The SMILES string of the molecule is Cc1cc(/C=C(/CC[C@H]2OC[C@H]3C2=C(CO)C[C@H]2C(=O)N(c4ccccc4)C(=O)[C@H]23)c2ccccc2)cc(C)c1O. The number of carbonyl (C=O) groups is 2. The highest BCUT2D eigenvalue weighted by Crippen LogP contribution is 2.50. The molecule has 2 fully saturated rings. The van der Waals surface area contributed by atoms with Gasteiger partial charge in [-0.2, -0.15) is 0 Å². The number of amides is 2. The number of allylic oxidation sites excluding steroid dienone is 1. The number of carbonyl (C=O) groups excluding carboxylic acids is 2. The van der Waals surface area contributed by atoms with E-state index >= 15 is 0 Å². The van der Waals surface area contributed by atoms with Crippen molar-refractivity contribution in [3.63, 3.8) is 0 Å². The number of aromatic hydroxyl groups is 1. The summed E-state index contributed by atoms with van der Waals surface area (Å²) in [7, 11) is 0. The van der Waals surface area contributed by atoms with Gasteiger partial charge in [0, 0.05) is 5.92 Å². The smallest absolute Gasteiger partial charge is 0.238 e. The minimum absolute atomic E-state index is 0.144. The van der Waals surface area contributed by atoms with E-state index in [4.69, 9.17) is 4.74 Å². The van der Waals surface area contributed by atoms with Crippen LogP contribution in [0, 0.1) is 31.6 Å². The maximum absolute atomic E-state index is 13.7. The lowest BCUT2D eigenvalue weighted by molar-refractivity contribution is -0.122. The molecule has 4 atom stereocenters. The zero-order chi connectivity index (χ0) is 28.7. The number of aryl methyl sites for hydroxylation is 2. The number of fused-ring (bicyclic) bond motifs is 3. The predicted molar refractivity (Wildman–Crippen MR) is 159 cm³/mol. The molecule has 1 aliphatic carbocycles. The van der Waals surface area contributed by atoms with Gasteiger partial charge in [-0.15, -0.1) is 0 Å². The third-order valence-electron chi connectivity index (χ3n) is 8.89. The number of para-hydroxylation sites is 1. The summed E-state index contributed by atoms with van der Waals surface area (Å²) < 4.78 is 6.34. The van der Waals surface area contributed by atoms with Crippen LogP contribution in [-0.4, -0.2) is 41.3 Å². The molecule has 3 aliphatic rings. The molecule has 2 N–H and O–H groups in total. The van der Waals surface area contributed by atoms with E-state index in [0.717, 1.165) is 45.4 Å². The number of nitrogens with zero attached hydrogens (tertiary/aromatic N) is 1. The van der Waals surface area contributed by atoms with Crippen molar-refractivity contribution < 1.29 is 24.5 Å². The van der Waals surface area contributed by atoms with Crippen molar-refractivity contribution in [3.05, 3.63) is 106 Å². The first kappa shape index (κ1) is 27.2. The van der Waals surface area contributed by atoms with Gasteiger partial charge >= 0.3 is 0 Å². The summed E-state index contributed by atoms with van der Waals surface area (Å²) in [6.07, 6.45) is 3.73. The average molecular weight is 550 g/mol. The molecule has 2 saturated heterocycles. The van der Waals surface area contributed by atoms with Crippen molar-refractivity contribution in [2.75, 3.05) is 18.1 Å². The highest BCUT2D eigenvalue weighted by molar-refractivity contribution is 6.22. The highest BCUT2D eigenvalue weighted by atomic mass is 16.5. The molecular weight excluding hydrogens is 514 g/mol. The van der Waals surface area contributed by atoms with Gasteiger partial charge in [-0.05, 0) is 96.3 Å². The summed E-state index contributed by atoms with van der Waals surface area (Å²) in [5.74, 6) is -1.19. The van der Waals surface area contributed by atoms with Crippen LogP contribution in [0.4, 0.5) is 5.69 Å². The Labute approximate surface area is 240 Å². The van der Waals surface area contributed by atoms with Gasteiger partial charge in [0.25, 0.3) is 0 Å². The van der Waals surface area contributed by atoms with Crippen molar-refractivity contribution in [2.45, 2.75) is 39.2 Å². The van der Waals surface area contributed by atoms with Gasteiger partial charge in [0.05, 0.1) is 36.8 Å². The van der Waals surface area contributed by atoms with Gasteiger partial charge in [0.2, 0.25) is 11.8 Å². The first-order valence-corrected chi connectivity index (χ1v) is 14.3. The number of benzene rings is 3. The van der Waals surface area contributed by atoms with Gasteiger partial charge < -0.3 is 14.9 Å². The molecule has 6 heteroatoms. The van der Waals surface area contributed by atoms with Crippen LogP contribution in [0.3, 0.4) is 0 Å². The molecule has 6 rings (SSSR count). The van der Waals surface area contributed by atoms with Crippen LogP contribution in [0.25, 0.3) is 11.6 Å². The number of phenols is 1. The molecule has 210 valence electrons. The Morgan fingerprint density at radius 2 is 1.61 bits per heavy atom. The van der Waals surface area contributed by atoms with E-state index in [-0.39, 0.29) is 30.4 Å². The fourth-order valence-corrected chi connectivity index (χ4v) is 6.96. The zero-order valence-corrected chi connectivity index (χ0v) is 23.4.